The van der Waals surface area contributed by atoms with Gasteiger partial charge in [-0.05, 0) is 12.1 Å². The maximum Gasteiger partial charge on any atom is 0.289 e. The lowest BCUT2D eigenvalue weighted by Crippen LogP contribution is -2.49. The van der Waals surface area contributed by atoms with E-state index in [0.717, 1.165) is 5.56 Å². The molecule has 3 aromatic heterocycles. The monoisotopic (exact) mass is 402 g/mol. The van der Waals surface area contributed by atoms with Gasteiger partial charge in [0.25, 0.3) is 11.8 Å². The van der Waals surface area contributed by atoms with Gasteiger partial charge in [0.05, 0.1) is 6.26 Å². The number of carbonyl (C=O) groups is 1. The van der Waals surface area contributed by atoms with Crippen molar-refractivity contribution in [3.05, 3.63) is 67.0 Å². The van der Waals surface area contributed by atoms with E-state index < -0.39 is 0 Å². The number of carbonyl (C=O) groups excluding carboxylic acids is 1. The van der Waals surface area contributed by atoms with E-state index in [9.17, 15) is 4.79 Å². The molecular formula is C21H18N6O3. The van der Waals surface area contributed by atoms with E-state index in [-0.39, 0.29) is 5.91 Å². The van der Waals surface area contributed by atoms with E-state index >= 15 is 0 Å². The fraction of sp³-hybridized carbons (Fsp3) is 0.190. The zero-order valence-electron chi connectivity index (χ0n) is 16.0. The largest absolute Gasteiger partial charge is 0.459 e. The topological polar surface area (TPSA) is 101 Å². The molecule has 1 saturated heterocycles. The summed E-state index contributed by atoms with van der Waals surface area (Å²) in [6.07, 6.45) is 4.67. The molecule has 1 aromatic carbocycles. The Morgan fingerprint density at radius 1 is 1.00 bits per heavy atom. The Balaban J connectivity index is 1.35. The molecule has 0 saturated carbocycles. The number of piperazine rings is 1. The van der Waals surface area contributed by atoms with Crippen LogP contribution in [0, 0.1) is 0 Å². The smallest absolute Gasteiger partial charge is 0.289 e. The molecule has 9 nitrogen and oxygen atoms in total. The van der Waals surface area contributed by atoms with Crippen molar-refractivity contribution >= 4 is 11.7 Å². The minimum absolute atomic E-state index is 0.105. The summed E-state index contributed by atoms with van der Waals surface area (Å²) < 4.78 is 10.7. The molecule has 5 rings (SSSR count). The van der Waals surface area contributed by atoms with E-state index in [1.165, 1.54) is 12.6 Å². The highest BCUT2D eigenvalue weighted by Gasteiger charge is 2.27. The molecular weight excluding hydrogens is 384 g/mol. The first-order chi connectivity index (χ1) is 14.8. The molecule has 0 spiro atoms. The Bertz CT molecular complexity index is 1130. The number of benzene rings is 1. The number of hydrogen-bond acceptors (Lipinski definition) is 8. The third kappa shape index (κ3) is 3.41. The van der Waals surface area contributed by atoms with Crippen LogP contribution >= 0.6 is 0 Å². The van der Waals surface area contributed by atoms with Gasteiger partial charge in [-0.3, -0.25) is 4.79 Å². The Morgan fingerprint density at radius 2 is 1.83 bits per heavy atom. The number of hydrogen-bond donors (Lipinski definition) is 0. The maximum atomic E-state index is 12.5. The summed E-state index contributed by atoms with van der Waals surface area (Å²) in [6.45, 7) is 2.36. The van der Waals surface area contributed by atoms with Crippen LogP contribution in [0.4, 0.5) is 5.82 Å². The van der Waals surface area contributed by atoms with E-state index in [4.69, 9.17) is 8.94 Å². The van der Waals surface area contributed by atoms with Crippen LogP contribution in [0.1, 0.15) is 10.6 Å². The molecule has 0 aliphatic carbocycles. The van der Waals surface area contributed by atoms with Crippen LogP contribution in [0.15, 0.2) is 70.2 Å². The number of anilines is 1. The standard InChI is InChI=1S/C21H18N6O3/c28-21(17-7-4-12-29-17)27-10-8-26(9-11-27)19-16(13-22-14-23-19)20-24-18(25-30-20)15-5-2-1-3-6-15/h1-7,12-14H,8-11H2. The second kappa shape index (κ2) is 7.78. The highest BCUT2D eigenvalue weighted by atomic mass is 16.5. The highest BCUT2D eigenvalue weighted by molar-refractivity contribution is 5.91. The summed E-state index contributed by atoms with van der Waals surface area (Å²) in [5, 5.41) is 4.09. The van der Waals surface area contributed by atoms with Crippen molar-refractivity contribution in [3.8, 4) is 22.8 Å². The highest BCUT2D eigenvalue weighted by Crippen LogP contribution is 2.29. The Morgan fingerprint density at radius 3 is 2.60 bits per heavy atom. The second-order valence-electron chi connectivity index (χ2n) is 6.81. The van der Waals surface area contributed by atoms with Crippen molar-refractivity contribution in [2.45, 2.75) is 0 Å². The first-order valence-corrected chi connectivity index (χ1v) is 9.57. The quantitative estimate of drug-likeness (QED) is 0.514. The zero-order valence-corrected chi connectivity index (χ0v) is 16.0. The van der Waals surface area contributed by atoms with Crippen molar-refractivity contribution in [3.63, 3.8) is 0 Å². The molecule has 1 aliphatic rings. The lowest BCUT2D eigenvalue weighted by Gasteiger charge is -2.35. The van der Waals surface area contributed by atoms with Crippen LogP contribution in [0.25, 0.3) is 22.8 Å². The van der Waals surface area contributed by atoms with Gasteiger partial charge in [0, 0.05) is 37.9 Å². The number of nitrogens with zero attached hydrogens (tertiary/aromatic N) is 6. The molecule has 9 heteroatoms. The molecule has 0 N–H and O–H groups in total. The van der Waals surface area contributed by atoms with E-state index in [0.29, 0.717) is 55.0 Å². The zero-order chi connectivity index (χ0) is 20.3. The number of furan rings is 1. The summed E-state index contributed by atoms with van der Waals surface area (Å²) in [5.41, 5.74) is 1.54. The average Bonchev–Trinajstić information content (AvgIpc) is 3.52. The normalized spacial score (nSPS) is 14.1. The molecule has 1 fully saturated rings. The predicted octanol–water partition coefficient (Wildman–Crippen LogP) is 2.75. The number of rotatable bonds is 4. The molecule has 1 amide bonds. The van der Waals surface area contributed by atoms with E-state index in [1.54, 1.807) is 23.2 Å². The van der Waals surface area contributed by atoms with Gasteiger partial charge in [0.2, 0.25) is 5.82 Å². The second-order valence-corrected chi connectivity index (χ2v) is 6.81. The van der Waals surface area contributed by atoms with Gasteiger partial charge < -0.3 is 18.7 Å². The lowest BCUT2D eigenvalue weighted by atomic mass is 10.2. The summed E-state index contributed by atoms with van der Waals surface area (Å²) >= 11 is 0. The fourth-order valence-corrected chi connectivity index (χ4v) is 3.44. The molecule has 0 atom stereocenters. The van der Waals surface area contributed by atoms with Crippen LogP contribution in [0.3, 0.4) is 0 Å². The predicted molar refractivity (Wildman–Crippen MR) is 108 cm³/mol. The Hall–Kier alpha value is -4.01. The molecule has 4 aromatic rings. The van der Waals surface area contributed by atoms with Gasteiger partial charge in [-0.25, -0.2) is 9.97 Å². The van der Waals surface area contributed by atoms with Gasteiger partial charge in [-0.15, -0.1) is 0 Å². The lowest BCUT2D eigenvalue weighted by molar-refractivity contribution is 0.0714. The molecule has 30 heavy (non-hydrogen) atoms. The van der Waals surface area contributed by atoms with Crippen molar-refractivity contribution in [1.29, 1.82) is 0 Å². The van der Waals surface area contributed by atoms with Crippen LogP contribution in [0.2, 0.25) is 0 Å². The summed E-state index contributed by atoms with van der Waals surface area (Å²) in [4.78, 5) is 29.5. The third-order valence-corrected chi connectivity index (χ3v) is 4.98. The Labute approximate surface area is 172 Å². The molecule has 1 aliphatic heterocycles. The minimum atomic E-state index is -0.105. The van der Waals surface area contributed by atoms with Gasteiger partial charge in [0.1, 0.15) is 17.7 Å². The van der Waals surface area contributed by atoms with Gasteiger partial charge in [0.15, 0.2) is 5.76 Å². The fourth-order valence-electron chi connectivity index (χ4n) is 3.44. The van der Waals surface area contributed by atoms with Crippen LogP contribution in [0.5, 0.6) is 0 Å². The number of aromatic nitrogens is 4. The van der Waals surface area contributed by atoms with Crippen molar-refractivity contribution < 1.29 is 13.7 Å². The van der Waals surface area contributed by atoms with Crippen LogP contribution in [-0.2, 0) is 0 Å². The van der Waals surface area contributed by atoms with Crippen LogP contribution in [-0.4, -0.2) is 57.1 Å². The molecule has 0 radical (unpaired) electrons. The summed E-state index contributed by atoms with van der Waals surface area (Å²) in [7, 11) is 0. The Kier molecular flexibility index (Phi) is 4.68. The van der Waals surface area contributed by atoms with Gasteiger partial charge in [-0.2, -0.15) is 4.98 Å². The van der Waals surface area contributed by atoms with Crippen LogP contribution < -0.4 is 4.90 Å². The SMILES string of the molecule is O=C(c1ccco1)N1CCN(c2ncncc2-c2nc(-c3ccccc3)no2)CC1. The minimum Gasteiger partial charge on any atom is -0.459 e. The number of amides is 1. The maximum absolute atomic E-state index is 12.5. The van der Waals surface area contributed by atoms with E-state index in [1.807, 2.05) is 30.3 Å². The van der Waals surface area contributed by atoms with Gasteiger partial charge in [-0.1, -0.05) is 35.5 Å². The molecule has 0 unspecified atom stereocenters. The third-order valence-electron chi connectivity index (χ3n) is 4.98. The first-order valence-electron chi connectivity index (χ1n) is 9.57. The van der Waals surface area contributed by atoms with Crippen molar-refractivity contribution in [1.82, 2.24) is 25.0 Å². The van der Waals surface area contributed by atoms with Gasteiger partial charge >= 0.3 is 0 Å². The van der Waals surface area contributed by atoms with E-state index in [2.05, 4.69) is 25.0 Å². The molecule has 150 valence electrons. The summed E-state index contributed by atoms with van der Waals surface area (Å²) in [5.74, 6) is 1.82. The molecule has 4 heterocycles. The first kappa shape index (κ1) is 18.0. The average molecular weight is 402 g/mol. The summed E-state index contributed by atoms with van der Waals surface area (Å²) in [6, 6.07) is 13.0. The van der Waals surface area contributed by atoms with Crippen molar-refractivity contribution in [2.24, 2.45) is 0 Å². The molecule has 0 bridgehead atoms. The van der Waals surface area contributed by atoms with Crippen molar-refractivity contribution in [2.75, 3.05) is 31.1 Å².